The molecule has 0 aliphatic carbocycles. The minimum absolute atomic E-state index is 0.266. The van der Waals surface area contributed by atoms with Gasteiger partial charge in [0.25, 0.3) is 11.1 Å². The summed E-state index contributed by atoms with van der Waals surface area (Å²) >= 11 is 0.923. The first-order valence-corrected chi connectivity index (χ1v) is 9.56. The Bertz CT molecular complexity index is 893. The average Bonchev–Trinajstić information content (AvgIpc) is 2.95. The highest BCUT2D eigenvalue weighted by Crippen LogP contribution is 2.32. The monoisotopic (exact) mass is 396 g/mol. The van der Waals surface area contributed by atoms with Gasteiger partial charge in [-0.3, -0.25) is 14.5 Å². The standard InChI is InChI=1S/C21H19NO5S/c23-19(24)14-27-17-10-8-16(9-11-17)13-18-20(25)22(21(26)28-18)12-4-7-15-5-2-1-3-6-15/h1-3,5-6,8-11,13H,4,7,12,14H2,(H,23,24)/p-1/b18-13-. The molecule has 2 aromatic carbocycles. The Balaban J connectivity index is 1.58. The lowest BCUT2D eigenvalue weighted by atomic mass is 10.1. The maximum atomic E-state index is 12.5. The topological polar surface area (TPSA) is 86.7 Å². The van der Waals surface area contributed by atoms with Crippen molar-refractivity contribution < 1.29 is 24.2 Å². The van der Waals surface area contributed by atoms with Gasteiger partial charge < -0.3 is 14.6 Å². The molecule has 2 aromatic rings. The van der Waals surface area contributed by atoms with Crippen LogP contribution in [0.3, 0.4) is 0 Å². The lowest BCUT2D eigenvalue weighted by Gasteiger charge is -2.12. The molecule has 3 rings (SSSR count). The van der Waals surface area contributed by atoms with Gasteiger partial charge in [-0.25, -0.2) is 0 Å². The van der Waals surface area contributed by atoms with Crippen LogP contribution in [0.4, 0.5) is 4.79 Å². The summed E-state index contributed by atoms with van der Waals surface area (Å²) in [7, 11) is 0. The number of thioether (sulfide) groups is 1. The molecule has 7 heteroatoms. The molecule has 0 aromatic heterocycles. The van der Waals surface area contributed by atoms with Crippen LogP contribution in [0.1, 0.15) is 17.5 Å². The summed E-state index contributed by atoms with van der Waals surface area (Å²) in [5.41, 5.74) is 1.89. The lowest BCUT2D eigenvalue weighted by Crippen LogP contribution is -2.29. The number of carboxylic acids is 1. The first-order chi connectivity index (χ1) is 13.5. The van der Waals surface area contributed by atoms with Gasteiger partial charge in [0.15, 0.2) is 0 Å². The van der Waals surface area contributed by atoms with Gasteiger partial charge in [0, 0.05) is 6.54 Å². The van der Waals surface area contributed by atoms with Gasteiger partial charge in [0.2, 0.25) is 0 Å². The van der Waals surface area contributed by atoms with Gasteiger partial charge >= 0.3 is 0 Å². The Hall–Kier alpha value is -3.06. The van der Waals surface area contributed by atoms with E-state index in [0.717, 1.165) is 23.7 Å². The number of benzene rings is 2. The molecule has 1 fully saturated rings. The molecule has 0 unspecified atom stereocenters. The molecule has 0 radical (unpaired) electrons. The van der Waals surface area contributed by atoms with Crippen molar-refractivity contribution in [3.05, 3.63) is 70.6 Å². The van der Waals surface area contributed by atoms with E-state index in [0.29, 0.717) is 23.6 Å². The predicted molar refractivity (Wildman–Crippen MR) is 104 cm³/mol. The van der Waals surface area contributed by atoms with E-state index in [1.54, 1.807) is 30.3 Å². The van der Waals surface area contributed by atoms with E-state index in [9.17, 15) is 19.5 Å². The number of amides is 2. The minimum atomic E-state index is -1.30. The molecule has 1 saturated heterocycles. The summed E-state index contributed by atoms with van der Waals surface area (Å²) in [6, 6.07) is 16.5. The quantitative estimate of drug-likeness (QED) is 0.637. The fraction of sp³-hybridized carbons (Fsp3) is 0.190. The zero-order valence-corrected chi connectivity index (χ0v) is 15.8. The highest BCUT2D eigenvalue weighted by molar-refractivity contribution is 8.18. The van der Waals surface area contributed by atoms with Crippen LogP contribution in [0.5, 0.6) is 5.75 Å². The number of hydrogen-bond donors (Lipinski definition) is 0. The van der Waals surface area contributed by atoms with Crippen LogP contribution in [0, 0.1) is 0 Å². The van der Waals surface area contributed by atoms with Crippen molar-refractivity contribution in [2.45, 2.75) is 12.8 Å². The molecule has 6 nitrogen and oxygen atoms in total. The van der Waals surface area contributed by atoms with E-state index in [-0.39, 0.29) is 11.1 Å². The number of ether oxygens (including phenoxy) is 1. The number of carbonyl (C=O) groups is 3. The van der Waals surface area contributed by atoms with Crippen LogP contribution < -0.4 is 9.84 Å². The molecule has 1 aliphatic rings. The molecule has 1 heterocycles. The van der Waals surface area contributed by atoms with Crippen molar-refractivity contribution in [1.29, 1.82) is 0 Å². The van der Waals surface area contributed by atoms with Crippen molar-refractivity contribution in [3.8, 4) is 5.75 Å². The molecule has 0 bridgehead atoms. The molecule has 0 spiro atoms. The first kappa shape index (κ1) is 19.7. The molecule has 144 valence electrons. The number of carbonyl (C=O) groups excluding carboxylic acids is 3. The van der Waals surface area contributed by atoms with Crippen LogP contribution in [0.25, 0.3) is 6.08 Å². The fourth-order valence-corrected chi connectivity index (χ4v) is 3.60. The van der Waals surface area contributed by atoms with Gasteiger partial charge in [-0.2, -0.15) is 0 Å². The summed E-state index contributed by atoms with van der Waals surface area (Å²) in [6.45, 7) is -0.145. The number of hydrogen-bond acceptors (Lipinski definition) is 6. The average molecular weight is 396 g/mol. The largest absolute Gasteiger partial charge is 0.546 e. The molecule has 1 aliphatic heterocycles. The highest BCUT2D eigenvalue weighted by atomic mass is 32.2. The van der Waals surface area contributed by atoms with Crippen LogP contribution in [-0.4, -0.2) is 35.2 Å². The maximum Gasteiger partial charge on any atom is 0.293 e. The predicted octanol–water partition coefficient (Wildman–Crippen LogP) is 2.48. The second-order valence-electron chi connectivity index (χ2n) is 6.15. The first-order valence-electron chi connectivity index (χ1n) is 8.75. The van der Waals surface area contributed by atoms with Crippen LogP contribution >= 0.6 is 11.8 Å². The van der Waals surface area contributed by atoms with Crippen molar-refractivity contribution in [2.24, 2.45) is 0 Å². The van der Waals surface area contributed by atoms with Gasteiger partial charge in [-0.1, -0.05) is 42.5 Å². The van der Waals surface area contributed by atoms with E-state index in [1.165, 1.54) is 10.5 Å². The molecular weight excluding hydrogens is 378 g/mol. The number of imide groups is 1. The molecular formula is C21H18NO5S-. The van der Waals surface area contributed by atoms with E-state index in [2.05, 4.69) is 0 Å². The SMILES string of the molecule is O=C([O-])COc1ccc(/C=C2\SC(=O)N(CCCc3ccccc3)C2=O)cc1. The zero-order chi connectivity index (χ0) is 19.9. The summed E-state index contributed by atoms with van der Waals surface area (Å²) in [6.07, 6.45) is 3.15. The summed E-state index contributed by atoms with van der Waals surface area (Å²) < 4.78 is 5.01. The number of carboxylic acid groups (broad SMARTS) is 1. The minimum Gasteiger partial charge on any atom is -0.546 e. The van der Waals surface area contributed by atoms with E-state index in [4.69, 9.17) is 4.74 Å². The molecule has 2 amide bonds. The Morgan fingerprint density at radius 2 is 1.79 bits per heavy atom. The van der Waals surface area contributed by atoms with E-state index >= 15 is 0 Å². The van der Waals surface area contributed by atoms with Crippen molar-refractivity contribution in [3.63, 3.8) is 0 Å². The second kappa shape index (κ2) is 9.23. The van der Waals surface area contributed by atoms with Crippen molar-refractivity contribution in [2.75, 3.05) is 13.2 Å². The summed E-state index contributed by atoms with van der Waals surface area (Å²) in [5.74, 6) is -1.21. The molecule has 0 N–H and O–H groups in total. The summed E-state index contributed by atoms with van der Waals surface area (Å²) in [4.78, 5) is 36.7. The van der Waals surface area contributed by atoms with E-state index in [1.807, 2.05) is 30.3 Å². The van der Waals surface area contributed by atoms with Crippen LogP contribution in [0.15, 0.2) is 59.5 Å². The van der Waals surface area contributed by atoms with Crippen LogP contribution in [-0.2, 0) is 16.0 Å². The number of aliphatic carboxylic acids is 1. The summed E-state index contributed by atoms with van der Waals surface area (Å²) in [5, 5.41) is 10.1. The third-order valence-corrected chi connectivity index (χ3v) is 5.01. The van der Waals surface area contributed by atoms with E-state index < -0.39 is 12.6 Å². The molecule has 0 saturated carbocycles. The van der Waals surface area contributed by atoms with Crippen molar-refractivity contribution >= 4 is 35.0 Å². The maximum absolute atomic E-state index is 12.5. The number of aryl methyl sites for hydroxylation is 1. The number of rotatable bonds is 8. The number of nitrogens with zero attached hydrogens (tertiary/aromatic N) is 1. The third kappa shape index (κ3) is 5.23. The lowest BCUT2D eigenvalue weighted by molar-refractivity contribution is -0.307. The van der Waals surface area contributed by atoms with Gasteiger partial charge in [-0.05, 0) is 53.9 Å². The zero-order valence-electron chi connectivity index (χ0n) is 15.0. The van der Waals surface area contributed by atoms with Gasteiger partial charge in [0.05, 0.1) is 10.9 Å². The van der Waals surface area contributed by atoms with Crippen molar-refractivity contribution in [1.82, 2.24) is 4.90 Å². The molecule has 0 atom stereocenters. The second-order valence-corrected chi connectivity index (χ2v) is 7.15. The Morgan fingerprint density at radius 3 is 2.46 bits per heavy atom. The van der Waals surface area contributed by atoms with Gasteiger partial charge in [0.1, 0.15) is 12.4 Å². The fourth-order valence-electron chi connectivity index (χ4n) is 2.73. The molecule has 28 heavy (non-hydrogen) atoms. The Kier molecular flexibility index (Phi) is 6.49. The normalized spacial score (nSPS) is 15.3. The Morgan fingerprint density at radius 1 is 1.07 bits per heavy atom. The highest BCUT2D eigenvalue weighted by Gasteiger charge is 2.34. The Labute approximate surface area is 166 Å². The van der Waals surface area contributed by atoms with Crippen LogP contribution in [0.2, 0.25) is 0 Å². The smallest absolute Gasteiger partial charge is 0.293 e. The third-order valence-electron chi connectivity index (χ3n) is 4.10. The van der Waals surface area contributed by atoms with Gasteiger partial charge in [-0.15, -0.1) is 0 Å².